The van der Waals surface area contributed by atoms with Crippen molar-refractivity contribution in [1.29, 1.82) is 0 Å². The summed E-state index contributed by atoms with van der Waals surface area (Å²) in [5, 5.41) is 0. The Bertz CT molecular complexity index is 476. The molecule has 2 aromatic rings. The SMILES string of the molecule is CSc1c[nH]c(-c2ccc(Br)c(C)c2)c1. The number of aryl methyl sites for hydroxylation is 1. The van der Waals surface area contributed by atoms with Crippen molar-refractivity contribution in [3.05, 3.63) is 40.5 Å². The highest BCUT2D eigenvalue weighted by Gasteiger charge is 2.02. The van der Waals surface area contributed by atoms with Crippen molar-refractivity contribution in [3.8, 4) is 11.3 Å². The highest BCUT2D eigenvalue weighted by molar-refractivity contribution is 9.10. The summed E-state index contributed by atoms with van der Waals surface area (Å²) in [6.07, 6.45) is 4.12. The van der Waals surface area contributed by atoms with Crippen molar-refractivity contribution in [1.82, 2.24) is 4.98 Å². The molecule has 0 saturated carbocycles. The quantitative estimate of drug-likeness (QED) is 0.803. The third kappa shape index (κ3) is 2.29. The summed E-state index contributed by atoms with van der Waals surface area (Å²) >= 11 is 5.26. The normalized spacial score (nSPS) is 10.6. The van der Waals surface area contributed by atoms with E-state index in [0.29, 0.717) is 0 Å². The first-order valence-corrected chi connectivity index (χ1v) is 6.71. The van der Waals surface area contributed by atoms with Gasteiger partial charge in [0.25, 0.3) is 0 Å². The Hall–Kier alpha value is -0.670. The fourth-order valence-electron chi connectivity index (χ4n) is 1.47. The number of aromatic nitrogens is 1. The van der Waals surface area contributed by atoms with Gasteiger partial charge in [0.05, 0.1) is 0 Å². The van der Waals surface area contributed by atoms with Gasteiger partial charge in [0.2, 0.25) is 0 Å². The van der Waals surface area contributed by atoms with E-state index in [4.69, 9.17) is 0 Å². The molecule has 15 heavy (non-hydrogen) atoms. The van der Waals surface area contributed by atoms with E-state index in [1.807, 2.05) is 6.20 Å². The zero-order valence-electron chi connectivity index (χ0n) is 8.67. The summed E-state index contributed by atoms with van der Waals surface area (Å²) in [7, 11) is 0. The molecule has 1 heterocycles. The van der Waals surface area contributed by atoms with E-state index in [1.165, 1.54) is 21.7 Å². The van der Waals surface area contributed by atoms with Gasteiger partial charge >= 0.3 is 0 Å². The summed E-state index contributed by atoms with van der Waals surface area (Å²) in [6, 6.07) is 8.56. The zero-order chi connectivity index (χ0) is 10.8. The van der Waals surface area contributed by atoms with Crippen molar-refractivity contribution in [2.24, 2.45) is 0 Å². The lowest BCUT2D eigenvalue weighted by Crippen LogP contribution is -1.80. The van der Waals surface area contributed by atoms with E-state index >= 15 is 0 Å². The standard InChI is InChI=1S/C12H12BrNS/c1-8-5-9(3-4-11(8)13)12-6-10(15-2)7-14-12/h3-7,14H,1-2H3. The maximum atomic E-state index is 3.51. The summed E-state index contributed by atoms with van der Waals surface area (Å²) in [6.45, 7) is 2.10. The second kappa shape index (κ2) is 4.45. The molecule has 1 nitrogen and oxygen atoms in total. The van der Waals surface area contributed by atoms with Crippen LogP contribution < -0.4 is 0 Å². The molecule has 0 fully saturated rings. The number of nitrogens with one attached hydrogen (secondary N) is 1. The molecule has 3 heteroatoms. The predicted molar refractivity (Wildman–Crippen MR) is 70.4 cm³/mol. The Labute approximate surface area is 102 Å². The summed E-state index contributed by atoms with van der Waals surface area (Å²) in [5.41, 5.74) is 3.67. The summed E-state index contributed by atoms with van der Waals surface area (Å²) < 4.78 is 1.16. The molecular weight excluding hydrogens is 270 g/mol. The van der Waals surface area contributed by atoms with Crippen molar-refractivity contribution in [2.75, 3.05) is 6.26 Å². The van der Waals surface area contributed by atoms with Crippen LogP contribution in [0.5, 0.6) is 0 Å². The van der Waals surface area contributed by atoms with Crippen LogP contribution in [-0.4, -0.2) is 11.2 Å². The van der Waals surface area contributed by atoms with Crippen LogP contribution in [0.25, 0.3) is 11.3 Å². The number of hydrogen-bond acceptors (Lipinski definition) is 1. The number of halogens is 1. The Morgan fingerprint density at radius 3 is 2.67 bits per heavy atom. The first kappa shape index (κ1) is 10.8. The van der Waals surface area contributed by atoms with Gasteiger partial charge in [-0.15, -0.1) is 11.8 Å². The fraction of sp³-hybridized carbons (Fsp3) is 0.167. The molecule has 0 amide bonds. The molecule has 0 saturated heterocycles. The minimum atomic E-state index is 1.16. The highest BCUT2D eigenvalue weighted by Crippen LogP contribution is 2.26. The van der Waals surface area contributed by atoms with E-state index in [-0.39, 0.29) is 0 Å². The van der Waals surface area contributed by atoms with Gasteiger partial charge in [-0.1, -0.05) is 22.0 Å². The third-order valence-electron chi connectivity index (χ3n) is 2.36. The lowest BCUT2D eigenvalue weighted by Gasteiger charge is -2.01. The fourth-order valence-corrected chi connectivity index (χ4v) is 2.13. The lowest BCUT2D eigenvalue weighted by molar-refractivity contribution is 1.36. The molecular formula is C12H12BrNS. The second-order valence-corrected chi connectivity index (χ2v) is 5.15. The Balaban J connectivity index is 2.40. The second-order valence-electron chi connectivity index (χ2n) is 3.42. The van der Waals surface area contributed by atoms with Crippen LogP contribution in [0, 0.1) is 6.92 Å². The molecule has 0 aliphatic heterocycles. The summed E-state index contributed by atoms with van der Waals surface area (Å²) in [4.78, 5) is 4.55. The Kier molecular flexibility index (Phi) is 3.22. The van der Waals surface area contributed by atoms with E-state index in [1.54, 1.807) is 11.8 Å². The van der Waals surface area contributed by atoms with Crippen LogP contribution in [0.4, 0.5) is 0 Å². The first-order valence-electron chi connectivity index (χ1n) is 4.69. The van der Waals surface area contributed by atoms with Gasteiger partial charge in [0.1, 0.15) is 0 Å². The molecule has 1 N–H and O–H groups in total. The minimum absolute atomic E-state index is 1.16. The molecule has 78 valence electrons. The van der Waals surface area contributed by atoms with Gasteiger partial charge in [-0.3, -0.25) is 0 Å². The van der Waals surface area contributed by atoms with Gasteiger partial charge in [-0.2, -0.15) is 0 Å². The number of aromatic amines is 1. The maximum Gasteiger partial charge on any atom is 0.0465 e. The van der Waals surface area contributed by atoms with Crippen LogP contribution in [0.2, 0.25) is 0 Å². The van der Waals surface area contributed by atoms with Crippen LogP contribution in [0.3, 0.4) is 0 Å². The lowest BCUT2D eigenvalue weighted by atomic mass is 10.1. The molecule has 0 unspecified atom stereocenters. The Morgan fingerprint density at radius 2 is 2.07 bits per heavy atom. The van der Waals surface area contributed by atoms with Crippen molar-refractivity contribution in [3.63, 3.8) is 0 Å². The molecule has 2 rings (SSSR count). The van der Waals surface area contributed by atoms with E-state index in [0.717, 1.165) is 4.47 Å². The number of rotatable bonds is 2. The van der Waals surface area contributed by atoms with E-state index in [2.05, 4.69) is 58.4 Å². The van der Waals surface area contributed by atoms with Crippen LogP contribution in [-0.2, 0) is 0 Å². The van der Waals surface area contributed by atoms with Gasteiger partial charge < -0.3 is 4.98 Å². The number of H-pyrrole nitrogens is 1. The van der Waals surface area contributed by atoms with Crippen molar-refractivity contribution >= 4 is 27.7 Å². The molecule has 0 aliphatic carbocycles. The molecule has 0 spiro atoms. The van der Waals surface area contributed by atoms with Gasteiger partial charge in [0.15, 0.2) is 0 Å². The average molecular weight is 282 g/mol. The predicted octanol–water partition coefficient (Wildman–Crippen LogP) is 4.47. The van der Waals surface area contributed by atoms with E-state index < -0.39 is 0 Å². The first-order chi connectivity index (χ1) is 7.20. The topological polar surface area (TPSA) is 15.8 Å². The molecule has 0 aliphatic rings. The number of hydrogen-bond donors (Lipinski definition) is 1. The molecule has 0 radical (unpaired) electrons. The molecule has 1 aromatic heterocycles. The van der Waals surface area contributed by atoms with Crippen molar-refractivity contribution in [2.45, 2.75) is 11.8 Å². The number of benzene rings is 1. The minimum Gasteiger partial charge on any atom is -0.360 e. The zero-order valence-corrected chi connectivity index (χ0v) is 11.1. The molecule has 0 bridgehead atoms. The maximum absolute atomic E-state index is 3.51. The van der Waals surface area contributed by atoms with Crippen LogP contribution in [0.15, 0.2) is 39.8 Å². The van der Waals surface area contributed by atoms with Crippen LogP contribution >= 0.6 is 27.7 Å². The smallest absolute Gasteiger partial charge is 0.0465 e. The van der Waals surface area contributed by atoms with Crippen molar-refractivity contribution < 1.29 is 0 Å². The van der Waals surface area contributed by atoms with Gasteiger partial charge in [0, 0.05) is 21.3 Å². The van der Waals surface area contributed by atoms with Gasteiger partial charge in [-0.05, 0) is 42.5 Å². The van der Waals surface area contributed by atoms with E-state index in [9.17, 15) is 0 Å². The average Bonchev–Trinajstić information content (AvgIpc) is 2.70. The molecule has 0 atom stereocenters. The Morgan fingerprint density at radius 1 is 1.27 bits per heavy atom. The van der Waals surface area contributed by atoms with Crippen LogP contribution in [0.1, 0.15) is 5.56 Å². The summed E-state index contributed by atoms with van der Waals surface area (Å²) in [5.74, 6) is 0. The number of thioether (sulfide) groups is 1. The van der Waals surface area contributed by atoms with Gasteiger partial charge in [-0.25, -0.2) is 0 Å². The highest BCUT2D eigenvalue weighted by atomic mass is 79.9. The largest absolute Gasteiger partial charge is 0.360 e. The monoisotopic (exact) mass is 281 g/mol. The third-order valence-corrected chi connectivity index (χ3v) is 3.96. The molecule has 1 aromatic carbocycles.